The van der Waals surface area contributed by atoms with E-state index in [0.717, 1.165) is 0 Å². The fourth-order valence-electron chi connectivity index (χ4n) is 0.906. The molecule has 0 aromatic carbocycles. The second-order valence-electron chi connectivity index (χ2n) is 3.20. The fourth-order valence-corrected chi connectivity index (χ4v) is 1.12. The molecule has 1 heterocycles. The van der Waals surface area contributed by atoms with Crippen molar-refractivity contribution in [1.29, 1.82) is 0 Å². The minimum absolute atomic E-state index is 0.212. The summed E-state index contributed by atoms with van der Waals surface area (Å²) in [7, 11) is 0. The lowest BCUT2D eigenvalue weighted by Gasteiger charge is -2.14. The third-order valence-corrected chi connectivity index (χ3v) is 2.70. The van der Waals surface area contributed by atoms with E-state index >= 15 is 0 Å². The normalized spacial score (nSPS) is 11.7. The van der Waals surface area contributed by atoms with Gasteiger partial charge in [-0.25, -0.2) is 13.8 Å². The number of amides is 1. The lowest BCUT2D eigenvalue weighted by atomic mass is 10.3. The van der Waals surface area contributed by atoms with Gasteiger partial charge in [0, 0.05) is 10.7 Å². The van der Waals surface area contributed by atoms with Gasteiger partial charge < -0.3 is 5.32 Å². The quantitative estimate of drug-likeness (QED) is 0.871. The SMILES string of the molecule is Cc1cc(NC(=O)C(F)(F)C(F)F)ncc1Br. The van der Waals surface area contributed by atoms with Crippen molar-refractivity contribution in [3.63, 3.8) is 0 Å². The average Bonchev–Trinajstić information content (AvgIpc) is 2.23. The van der Waals surface area contributed by atoms with Crippen LogP contribution in [0.5, 0.6) is 0 Å². The molecule has 0 atom stereocenters. The van der Waals surface area contributed by atoms with Crippen LogP contribution in [0.3, 0.4) is 0 Å². The minimum atomic E-state index is -4.73. The molecule has 0 aliphatic rings. The Morgan fingerprint density at radius 2 is 2.12 bits per heavy atom. The van der Waals surface area contributed by atoms with E-state index in [1.54, 1.807) is 12.2 Å². The molecule has 0 saturated heterocycles. The van der Waals surface area contributed by atoms with Crippen molar-refractivity contribution in [1.82, 2.24) is 4.98 Å². The first-order valence-corrected chi connectivity index (χ1v) is 5.14. The second-order valence-corrected chi connectivity index (χ2v) is 4.05. The zero-order valence-corrected chi connectivity index (χ0v) is 10.1. The molecule has 0 aliphatic carbocycles. The maximum Gasteiger partial charge on any atom is 0.383 e. The van der Waals surface area contributed by atoms with Gasteiger partial charge in [0.1, 0.15) is 5.82 Å². The van der Waals surface area contributed by atoms with Crippen LogP contribution in [0.1, 0.15) is 5.56 Å². The van der Waals surface area contributed by atoms with Crippen LogP contribution in [0, 0.1) is 6.92 Å². The summed E-state index contributed by atoms with van der Waals surface area (Å²) >= 11 is 3.11. The predicted octanol–water partition coefficient (Wildman–Crippen LogP) is 2.99. The number of aryl methyl sites for hydroxylation is 1. The number of rotatable bonds is 3. The second kappa shape index (κ2) is 4.99. The van der Waals surface area contributed by atoms with E-state index in [2.05, 4.69) is 20.9 Å². The third kappa shape index (κ3) is 3.15. The van der Waals surface area contributed by atoms with E-state index in [-0.39, 0.29) is 5.82 Å². The molecule has 1 amide bonds. The molecular weight excluding hydrogens is 308 g/mol. The van der Waals surface area contributed by atoms with E-state index < -0.39 is 18.3 Å². The Bertz CT molecular complexity index is 439. The van der Waals surface area contributed by atoms with Crippen molar-refractivity contribution < 1.29 is 22.4 Å². The van der Waals surface area contributed by atoms with Gasteiger partial charge >= 0.3 is 18.3 Å². The van der Waals surface area contributed by atoms with Crippen LogP contribution in [-0.2, 0) is 4.79 Å². The molecule has 0 aliphatic heterocycles. The highest BCUT2D eigenvalue weighted by molar-refractivity contribution is 9.10. The Morgan fingerprint density at radius 3 is 2.59 bits per heavy atom. The highest BCUT2D eigenvalue weighted by Crippen LogP contribution is 2.25. The summed E-state index contributed by atoms with van der Waals surface area (Å²) in [5.41, 5.74) is 0.621. The molecule has 0 radical (unpaired) electrons. The Balaban J connectivity index is 2.85. The highest BCUT2D eigenvalue weighted by Gasteiger charge is 2.49. The van der Waals surface area contributed by atoms with Crippen LogP contribution >= 0.6 is 15.9 Å². The van der Waals surface area contributed by atoms with E-state index in [1.807, 2.05) is 0 Å². The summed E-state index contributed by atoms with van der Waals surface area (Å²) in [6, 6.07) is 1.28. The molecule has 1 N–H and O–H groups in total. The van der Waals surface area contributed by atoms with Crippen LogP contribution in [0.25, 0.3) is 0 Å². The molecule has 0 spiro atoms. The molecule has 0 fully saturated rings. The molecule has 1 aromatic rings. The Morgan fingerprint density at radius 1 is 1.53 bits per heavy atom. The first-order valence-electron chi connectivity index (χ1n) is 4.34. The highest BCUT2D eigenvalue weighted by atomic mass is 79.9. The maximum atomic E-state index is 12.6. The number of carbonyl (C=O) groups excluding carboxylic acids is 1. The van der Waals surface area contributed by atoms with Crippen molar-refractivity contribution in [2.24, 2.45) is 0 Å². The summed E-state index contributed by atoms with van der Waals surface area (Å²) < 4.78 is 49.6. The smallest absolute Gasteiger partial charge is 0.305 e. The average molecular weight is 315 g/mol. The van der Waals surface area contributed by atoms with Crippen LogP contribution in [0.4, 0.5) is 23.4 Å². The van der Waals surface area contributed by atoms with Crippen molar-refractivity contribution >= 4 is 27.7 Å². The van der Waals surface area contributed by atoms with Crippen molar-refractivity contribution in [3.8, 4) is 0 Å². The molecule has 1 rings (SSSR count). The Labute approximate surface area is 102 Å². The first-order chi connectivity index (χ1) is 7.75. The van der Waals surface area contributed by atoms with Crippen molar-refractivity contribution in [2.45, 2.75) is 19.3 Å². The van der Waals surface area contributed by atoms with Gasteiger partial charge in [-0.15, -0.1) is 0 Å². The van der Waals surface area contributed by atoms with Gasteiger partial charge in [0.2, 0.25) is 0 Å². The van der Waals surface area contributed by atoms with Gasteiger partial charge in [0.15, 0.2) is 0 Å². The van der Waals surface area contributed by atoms with Crippen LogP contribution in [0.15, 0.2) is 16.7 Å². The maximum absolute atomic E-state index is 12.6. The van der Waals surface area contributed by atoms with Gasteiger partial charge in [-0.2, -0.15) is 8.78 Å². The molecule has 3 nitrogen and oxygen atoms in total. The molecule has 94 valence electrons. The van der Waals surface area contributed by atoms with Crippen molar-refractivity contribution in [3.05, 3.63) is 22.3 Å². The first kappa shape index (κ1) is 13.9. The number of nitrogens with zero attached hydrogens (tertiary/aromatic N) is 1. The van der Waals surface area contributed by atoms with Gasteiger partial charge in [-0.3, -0.25) is 4.79 Å². The Kier molecular flexibility index (Phi) is 4.07. The predicted molar refractivity (Wildman–Crippen MR) is 56.3 cm³/mol. The number of aromatic nitrogens is 1. The monoisotopic (exact) mass is 314 g/mol. The van der Waals surface area contributed by atoms with Crippen LogP contribution in [0.2, 0.25) is 0 Å². The third-order valence-electron chi connectivity index (χ3n) is 1.87. The molecule has 0 saturated carbocycles. The summed E-state index contributed by atoms with van der Waals surface area (Å²) in [6.07, 6.45) is -2.79. The number of carbonyl (C=O) groups is 1. The fraction of sp³-hybridized carbons (Fsp3) is 0.333. The van der Waals surface area contributed by atoms with Gasteiger partial charge in [-0.05, 0) is 34.5 Å². The number of hydrogen-bond donors (Lipinski definition) is 1. The van der Waals surface area contributed by atoms with Crippen LogP contribution < -0.4 is 5.32 Å². The summed E-state index contributed by atoms with van der Waals surface area (Å²) in [5, 5.41) is 1.63. The summed E-state index contributed by atoms with van der Waals surface area (Å²) in [5.74, 6) is -7.03. The number of nitrogens with one attached hydrogen (secondary N) is 1. The van der Waals surface area contributed by atoms with E-state index in [4.69, 9.17) is 0 Å². The molecule has 0 unspecified atom stereocenters. The summed E-state index contributed by atoms with van der Waals surface area (Å²) in [6.45, 7) is 1.63. The number of alkyl halides is 4. The Hall–Kier alpha value is -1.18. The standard InChI is InChI=1S/C9H7BrF4N2O/c1-4-2-6(15-3-5(4)10)16-8(17)9(13,14)7(11)12/h2-3,7H,1H3,(H,15,16,17). The number of halogens is 5. The van der Waals surface area contributed by atoms with Crippen LogP contribution in [-0.4, -0.2) is 23.2 Å². The molecule has 1 aromatic heterocycles. The van der Waals surface area contributed by atoms with Gasteiger partial charge in [0.05, 0.1) is 0 Å². The van der Waals surface area contributed by atoms with E-state index in [9.17, 15) is 22.4 Å². The van der Waals surface area contributed by atoms with E-state index in [0.29, 0.717) is 10.0 Å². The number of anilines is 1. The van der Waals surface area contributed by atoms with Crippen molar-refractivity contribution in [2.75, 3.05) is 5.32 Å². The zero-order chi connectivity index (χ0) is 13.2. The topological polar surface area (TPSA) is 42.0 Å². The number of hydrogen-bond acceptors (Lipinski definition) is 2. The minimum Gasteiger partial charge on any atom is -0.305 e. The van der Waals surface area contributed by atoms with Gasteiger partial charge in [0.25, 0.3) is 0 Å². The molecule has 17 heavy (non-hydrogen) atoms. The lowest BCUT2D eigenvalue weighted by Crippen LogP contribution is -2.41. The molecular formula is C9H7BrF4N2O. The number of pyridine rings is 1. The molecule has 0 bridgehead atoms. The zero-order valence-electron chi connectivity index (χ0n) is 8.48. The van der Waals surface area contributed by atoms with E-state index in [1.165, 1.54) is 12.3 Å². The molecule has 8 heteroatoms. The summed E-state index contributed by atoms with van der Waals surface area (Å²) in [4.78, 5) is 14.5. The lowest BCUT2D eigenvalue weighted by molar-refractivity contribution is -0.163. The van der Waals surface area contributed by atoms with Gasteiger partial charge in [-0.1, -0.05) is 0 Å². The largest absolute Gasteiger partial charge is 0.383 e.